The zero-order chi connectivity index (χ0) is 13.9. The van der Waals surface area contributed by atoms with Gasteiger partial charge in [-0.2, -0.15) is 0 Å². The summed E-state index contributed by atoms with van der Waals surface area (Å²) < 4.78 is 1.32. The third-order valence-electron chi connectivity index (χ3n) is 4.42. The molecule has 1 saturated carbocycles. The molecule has 6 heteroatoms. The lowest BCUT2D eigenvalue weighted by molar-refractivity contribution is 0.0693. The van der Waals surface area contributed by atoms with Crippen LogP contribution >= 0.6 is 0 Å². The summed E-state index contributed by atoms with van der Waals surface area (Å²) in [7, 11) is 0. The maximum atomic E-state index is 11.8. The van der Waals surface area contributed by atoms with Crippen LogP contribution < -0.4 is 11.2 Å². The van der Waals surface area contributed by atoms with Gasteiger partial charge in [0.05, 0.1) is 0 Å². The van der Waals surface area contributed by atoms with Gasteiger partial charge in [0, 0.05) is 12.2 Å². The monoisotopic (exact) mass is 252 g/mol. The first-order chi connectivity index (χ1) is 8.10. The summed E-state index contributed by atoms with van der Waals surface area (Å²) in [5.74, 6) is -1.33. The van der Waals surface area contributed by atoms with E-state index in [1.807, 2.05) is 27.7 Å². The van der Waals surface area contributed by atoms with Gasteiger partial charge < -0.3 is 5.11 Å². The molecule has 1 aromatic heterocycles. The van der Waals surface area contributed by atoms with Crippen molar-refractivity contribution in [3.63, 3.8) is 0 Å². The van der Waals surface area contributed by atoms with Gasteiger partial charge in [0.25, 0.3) is 5.56 Å². The molecule has 1 fully saturated rings. The molecule has 1 aromatic rings. The molecule has 1 heterocycles. The number of hydrogen-bond donors (Lipinski definition) is 2. The fourth-order valence-electron chi connectivity index (χ4n) is 2.69. The number of rotatable bonds is 2. The summed E-state index contributed by atoms with van der Waals surface area (Å²) in [4.78, 5) is 36.1. The van der Waals surface area contributed by atoms with Crippen LogP contribution in [0, 0.1) is 10.8 Å². The highest BCUT2D eigenvalue weighted by atomic mass is 16.4. The van der Waals surface area contributed by atoms with Crippen LogP contribution in [0.3, 0.4) is 0 Å². The molecule has 0 bridgehead atoms. The highest BCUT2D eigenvalue weighted by Gasteiger charge is 2.66. The molecule has 0 atom stereocenters. The number of hydrogen-bond acceptors (Lipinski definition) is 3. The van der Waals surface area contributed by atoms with Crippen LogP contribution in [0.4, 0.5) is 0 Å². The molecule has 0 amide bonds. The zero-order valence-electron chi connectivity index (χ0n) is 10.8. The number of H-pyrrole nitrogens is 1. The van der Waals surface area contributed by atoms with Crippen LogP contribution in [0.25, 0.3) is 0 Å². The standard InChI is InChI=1S/C12H16N2O4/c1-11(2)9(12(11,3)4)14-5-6(8(16)17)7(15)13-10(14)18/h5,9H,1-4H3,(H,16,17)(H,13,15,18). The second-order valence-electron chi connectivity index (χ2n) is 5.86. The van der Waals surface area contributed by atoms with Gasteiger partial charge in [-0.15, -0.1) is 0 Å². The van der Waals surface area contributed by atoms with Crippen molar-refractivity contribution in [2.24, 2.45) is 10.8 Å². The number of aromatic nitrogens is 2. The minimum atomic E-state index is -1.33. The second-order valence-corrected chi connectivity index (χ2v) is 5.86. The van der Waals surface area contributed by atoms with Crippen LogP contribution in [0.2, 0.25) is 0 Å². The lowest BCUT2D eigenvalue weighted by atomic mass is 10.0. The van der Waals surface area contributed by atoms with Crippen molar-refractivity contribution in [1.82, 2.24) is 9.55 Å². The summed E-state index contributed by atoms with van der Waals surface area (Å²) in [6.45, 7) is 8.04. The zero-order valence-corrected chi connectivity index (χ0v) is 10.8. The van der Waals surface area contributed by atoms with E-state index in [2.05, 4.69) is 4.98 Å². The molecule has 98 valence electrons. The molecule has 18 heavy (non-hydrogen) atoms. The van der Waals surface area contributed by atoms with Gasteiger partial charge in [-0.25, -0.2) is 9.59 Å². The van der Waals surface area contributed by atoms with E-state index >= 15 is 0 Å². The number of carbonyl (C=O) groups is 1. The quantitative estimate of drug-likeness (QED) is 0.815. The van der Waals surface area contributed by atoms with Crippen LogP contribution in [0.15, 0.2) is 15.8 Å². The van der Waals surface area contributed by atoms with Crippen LogP contribution in [-0.2, 0) is 0 Å². The van der Waals surface area contributed by atoms with Crippen molar-refractivity contribution in [3.8, 4) is 0 Å². The molecule has 0 aromatic carbocycles. The van der Waals surface area contributed by atoms with E-state index in [1.165, 1.54) is 4.57 Å². The Morgan fingerprint density at radius 2 is 1.78 bits per heavy atom. The number of carboxylic acids is 1. The van der Waals surface area contributed by atoms with Gasteiger partial charge in [-0.3, -0.25) is 14.3 Å². The highest BCUT2D eigenvalue weighted by molar-refractivity contribution is 5.86. The number of aromatic carboxylic acids is 1. The summed E-state index contributed by atoms with van der Waals surface area (Å²) >= 11 is 0. The third-order valence-corrected chi connectivity index (χ3v) is 4.42. The maximum absolute atomic E-state index is 11.8. The lowest BCUT2D eigenvalue weighted by Crippen LogP contribution is -2.33. The molecule has 0 aliphatic heterocycles. The normalized spacial score (nSPS) is 20.7. The van der Waals surface area contributed by atoms with Crippen molar-refractivity contribution >= 4 is 5.97 Å². The Kier molecular flexibility index (Phi) is 2.34. The van der Waals surface area contributed by atoms with E-state index in [-0.39, 0.29) is 16.9 Å². The minimum absolute atomic E-state index is 0.118. The molecular formula is C12H16N2O4. The fourth-order valence-corrected chi connectivity index (χ4v) is 2.69. The van der Waals surface area contributed by atoms with E-state index in [9.17, 15) is 14.4 Å². The first-order valence-electron chi connectivity index (χ1n) is 5.69. The molecule has 2 rings (SSSR count). The van der Waals surface area contributed by atoms with Gasteiger partial charge in [0.1, 0.15) is 5.56 Å². The average molecular weight is 252 g/mol. The predicted molar refractivity (Wildman–Crippen MR) is 64.9 cm³/mol. The molecule has 2 N–H and O–H groups in total. The van der Waals surface area contributed by atoms with Crippen molar-refractivity contribution in [1.29, 1.82) is 0 Å². The van der Waals surface area contributed by atoms with Gasteiger partial charge in [-0.1, -0.05) is 27.7 Å². The first kappa shape index (κ1) is 12.6. The topological polar surface area (TPSA) is 92.2 Å². The van der Waals surface area contributed by atoms with Crippen molar-refractivity contribution < 1.29 is 9.90 Å². The second kappa shape index (κ2) is 3.34. The Labute approximate surface area is 103 Å². The van der Waals surface area contributed by atoms with Gasteiger partial charge >= 0.3 is 11.7 Å². The smallest absolute Gasteiger partial charge is 0.342 e. The number of aromatic amines is 1. The fraction of sp³-hybridized carbons (Fsp3) is 0.583. The maximum Gasteiger partial charge on any atom is 0.342 e. The molecule has 0 unspecified atom stereocenters. The highest BCUT2D eigenvalue weighted by Crippen LogP contribution is 2.70. The first-order valence-corrected chi connectivity index (χ1v) is 5.69. The summed E-state index contributed by atoms with van der Waals surface area (Å²) in [5, 5.41) is 8.91. The largest absolute Gasteiger partial charge is 0.477 e. The molecular weight excluding hydrogens is 236 g/mol. The SMILES string of the molecule is CC1(C)C(n2cc(C(=O)O)c(=O)[nH]c2=O)C1(C)C. The Balaban J connectivity index is 2.62. The summed E-state index contributed by atoms with van der Waals surface area (Å²) in [6, 6.07) is -0.118. The van der Waals surface area contributed by atoms with Gasteiger partial charge in [-0.05, 0) is 10.8 Å². The van der Waals surface area contributed by atoms with E-state index in [4.69, 9.17) is 5.11 Å². The van der Waals surface area contributed by atoms with Crippen molar-refractivity contribution in [3.05, 3.63) is 32.6 Å². The minimum Gasteiger partial charge on any atom is -0.477 e. The number of nitrogens with zero attached hydrogens (tertiary/aromatic N) is 1. The van der Waals surface area contributed by atoms with E-state index < -0.39 is 22.8 Å². The molecule has 0 spiro atoms. The third kappa shape index (κ3) is 1.45. The summed E-state index contributed by atoms with van der Waals surface area (Å²) in [5.41, 5.74) is -2.07. The van der Waals surface area contributed by atoms with Gasteiger partial charge in [0.15, 0.2) is 0 Å². The van der Waals surface area contributed by atoms with Crippen LogP contribution in [0.1, 0.15) is 44.1 Å². The number of nitrogens with one attached hydrogen (secondary N) is 1. The molecule has 1 aliphatic rings. The molecule has 6 nitrogen and oxygen atoms in total. The average Bonchev–Trinajstić information content (AvgIpc) is 2.59. The Morgan fingerprint density at radius 1 is 1.28 bits per heavy atom. The van der Waals surface area contributed by atoms with E-state index in [0.717, 1.165) is 6.20 Å². The lowest BCUT2D eigenvalue weighted by Gasteiger charge is -2.07. The van der Waals surface area contributed by atoms with Gasteiger partial charge in [0.2, 0.25) is 0 Å². The van der Waals surface area contributed by atoms with Crippen molar-refractivity contribution in [2.75, 3.05) is 0 Å². The molecule has 1 aliphatic carbocycles. The van der Waals surface area contributed by atoms with E-state index in [0.29, 0.717) is 0 Å². The Morgan fingerprint density at radius 3 is 2.17 bits per heavy atom. The molecule has 0 radical (unpaired) electrons. The number of carboxylic acid groups (broad SMARTS) is 1. The Bertz CT molecular complexity index is 622. The van der Waals surface area contributed by atoms with Crippen LogP contribution in [-0.4, -0.2) is 20.6 Å². The van der Waals surface area contributed by atoms with E-state index in [1.54, 1.807) is 0 Å². The molecule has 0 saturated heterocycles. The predicted octanol–water partition coefficient (Wildman–Crippen LogP) is 0.842. The van der Waals surface area contributed by atoms with Crippen molar-refractivity contribution in [2.45, 2.75) is 33.7 Å². The van der Waals surface area contributed by atoms with Crippen LogP contribution in [0.5, 0.6) is 0 Å². The Hall–Kier alpha value is -1.85. The summed E-state index contributed by atoms with van der Waals surface area (Å²) in [6.07, 6.45) is 1.14.